The highest BCUT2D eigenvalue weighted by Gasteiger charge is 2.22. The van der Waals surface area contributed by atoms with Gasteiger partial charge < -0.3 is 14.5 Å². The Morgan fingerprint density at radius 3 is 3.00 bits per heavy atom. The maximum absolute atomic E-state index is 5.21. The van der Waals surface area contributed by atoms with Gasteiger partial charge >= 0.3 is 0 Å². The van der Waals surface area contributed by atoms with Gasteiger partial charge in [-0.05, 0) is 32.2 Å². The number of aromatic nitrogens is 3. The number of likely N-dealkylation sites (tertiary alicyclic amines) is 1. The first-order chi connectivity index (χ1) is 11.1. The van der Waals surface area contributed by atoms with Gasteiger partial charge in [0, 0.05) is 40.8 Å². The minimum atomic E-state index is 0.705. The number of methoxy groups -OCH3 is 1. The Kier molecular flexibility index (Phi) is 5.18. The van der Waals surface area contributed by atoms with E-state index in [1.807, 2.05) is 11.7 Å². The van der Waals surface area contributed by atoms with Crippen LogP contribution in [0.15, 0.2) is 0 Å². The number of ether oxygens (including phenoxy) is 1. The number of rotatable bonds is 6. The average Bonchev–Trinajstić information content (AvgIpc) is 3.08. The molecule has 2 aromatic heterocycles. The van der Waals surface area contributed by atoms with Crippen molar-refractivity contribution in [3.8, 4) is 0 Å². The molecule has 1 saturated heterocycles. The summed E-state index contributed by atoms with van der Waals surface area (Å²) >= 11 is 1.75. The molecule has 23 heavy (non-hydrogen) atoms. The number of hydrogen-bond donors (Lipinski definition) is 0. The lowest BCUT2D eigenvalue weighted by atomic mass is 9.98. The third-order valence-corrected chi connectivity index (χ3v) is 5.87. The van der Waals surface area contributed by atoms with Crippen molar-refractivity contribution in [2.75, 3.05) is 51.8 Å². The van der Waals surface area contributed by atoms with Gasteiger partial charge in [0.25, 0.3) is 0 Å². The smallest absolute Gasteiger partial charge is 0.187 e. The van der Waals surface area contributed by atoms with Gasteiger partial charge in [-0.1, -0.05) is 11.3 Å². The van der Waals surface area contributed by atoms with Gasteiger partial charge in [-0.25, -0.2) is 9.67 Å². The second-order valence-corrected chi connectivity index (χ2v) is 7.52. The van der Waals surface area contributed by atoms with Crippen LogP contribution in [0.3, 0.4) is 0 Å². The highest BCUT2D eigenvalue weighted by molar-refractivity contribution is 7.22. The Morgan fingerprint density at radius 1 is 1.43 bits per heavy atom. The fraction of sp³-hybridized carbons (Fsp3) is 0.750. The van der Waals surface area contributed by atoms with Crippen LogP contribution in [0, 0.1) is 12.8 Å². The monoisotopic (exact) mass is 337 g/mol. The molecule has 1 fully saturated rings. The summed E-state index contributed by atoms with van der Waals surface area (Å²) < 4.78 is 8.30. The van der Waals surface area contributed by atoms with Crippen LogP contribution in [-0.2, 0) is 11.8 Å². The molecule has 7 heteroatoms. The Bertz CT molecular complexity index is 618. The van der Waals surface area contributed by atoms with Crippen LogP contribution in [0.4, 0.5) is 5.13 Å². The Balaban J connectivity index is 1.63. The van der Waals surface area contributed by atoms with E-state index in [4.69, 9.17) is 9.72 Å². The van der Waals surface area contributed by atoms with Crippen LogP contribution in [-0.4, -0.2) is 66.6 Å². The quantitative estimate of drug-likeness (QED) is 0.808. The van der Waals surface area contributed by atoms with E-state index in [-0.39, 0.29) is 0 Å². The fourth-order valence-electron chi connectivity index (χ4n) is 3.43. The van der Waals surface area contributed by atoms with Gasteiger partial charge in [-0.15, -0.1) is 0 Å². The molecule has 0 radical (unpaired) electrons. The lowest BCUT2D eigenvalue weighted by Crippen LogP contribution is -2.41. The van der Waals surface area contributed by atoms with Gasteiger partial charge in [-0.2, -0.15) is 5.10 Å². The fourth-order valence-corrected chi connectivity index (χ4v) is 4.43. The lowest BCUT2D eigenvalue weighted by Gasteiger charge is -2.34. The van der Waals surface area contributed by atoms with E-state index in [2.05, 4.69) is 28.9 Å². The Hall–Kier alpha value is -1.18. The lowest BCUT2D eigenvalue weighted by molar-refractivity contribution is 0.116. The number of thiazole rings is 1. The number of aryl methyl sites for hydroxylation is 2. The molecular weight excluding hydrogens is 310 g/mol. The Morgan fingerprint density at radius 2 is 2.26 bits per heavy atom. The molecule has 0 spiro atoms. The molecule has 0 amide bonds. The van der Waals surface area contributed by atoms with Crippen molar-refractivity contribution in [3.05, 3.63) is 5.69 Å². The molecule has 0 saturated carbocycles. The van der Waals surface area contributed by atoms with Crippen molar-refractivity contribution in [2.24, 2.45) is 13.0 Å². The van der Waals surface area contributed by atoms with Gasteiger partial charge in [0.15, 0.2) is 10.8 Å². The zero-order valence-electron chi connectivity index (χ0n) is 14.6. The number of nitrogens with zero attached hydrogens (tertiary/aromatic N) is 5. The van der Waals surface area contributed by atoms with Crippen LogP contribution >= 0.6 is 11.3 Å². The summed E-state index contributed by atoms with van der Waals surface area (Å²) in [7, 11) is 5.90. The first-order valence-corrected chi connectivity index (χ1v) is 9.12. The molecule has 0 bridgehead atoms. The predicted molar refractivity (Wildman–Crippen MR) is 95.4 cm³/mol. The van der Waals surface area contributed by atoms with E-state index in [9.17, 15) is 0 Å². The van der Waals surface area contributed by atoms with Gasteiger partial charge in [0.1, 0.15) is 0 Å². The third kappa shape index (κ3) is 3.67. The zero-order chi connectivity index (χ0) is 16.4. The van der Waals surface area contributed by atoms with E-state index < -0.39 is 0 Å². The largest absolute Gasteiger partial charge is 0.383 e. The molecule has 3 heterocycles. The van der Waals surface area contributed by atoms with Crippen molar-refractivity contribution in [3.63, 3.8) is 0 Å². The van der Waals surface area contributed by atoms with Crippen LogP contribution in [0.5, 0.6) is 0 Å². The van der Waals surface area contributed by atoms with Crippen LogP contribution in [0.25, 0.3) is 10.3 Å². The van der Waals surface area contributed by atoms with Gasteiger partial charge in [0.05, 0.1) is 17.0 Å². The molecule has 1 aliphatic rings. The highest BCUT2D eigenvalue weighted by atomic mass is 32.1. The molecular formula is C16H27N5OS. The van der Waals surface area contributed by atoms with Crippen LogP contribution in [0.2, 0.25) is 0 Å². The van der Waals surface area contributed by atoms with Crippen molar-refractivity contribution >= 4 is 26.8 Å². The topological polar surface area (TPSA) is 46.4 Å². The Labute approximate surface area is 142 Å². The summed E-state index contributed by atoms with van der Waals surface area (Å²) in [5.74, 6) is 0.705. The summed E-state index contributed by atoms with van der Waals surface area (Å²) in [4.78, 5) is 9.62. The maximum Gasteiger partial charge on any atom is 0.187 e. The molecule has 3 rings (SSSR count). The molecule has 0 N–H and O–H groups in total. The zero-order valence-corrected chi connectivity index (χ0v) is 15.4. The number of fused-ring (bicyclic) bond motifs is 1. The molecule has 1 aliphatic heterocycles. The predicted octanol–water partition coefficient (Wildman–Crippen LogP) is 2.13. The molecule has 0 aromatic carbocycles. The average molecular weight is 337 g/mol. The van der Waals surface area contributed by atoms with E-state index in [1.54, 1.807) is 18.4 Å². The third-order valence-electron chi connectivity index (χ3n) is 4.61. The van der Waals surface area contributed by atoms with E-state index in [1.165, 1.54) is 30.6 Å². The van der Waals surface area contributed by atoms with Crippen molar-refractivity contribution in [1.29, 1.82) is 0 Å². The minimum absolute atomic E-state index is 0.705. The first kappa shape index (κ1) is 16.7. The number of hydrogen-bond acceptors (Lipinski definition) is 6. The van der Waals surface area contributed by atoms with Crippen molar-refractivity contribution < 1.29 is 4.74 Å². The molecule has 0 aliphatic carbocycles. The van der Waals surface area contributed by atoms with Crippen LogP contribution < -0.4 is 4.90 Å². The molecule has 1 atom stereocenters. The van der Waals surface area contributed by atoms with Gasteiger partial charge in [0.2, 0.25) is 0 Å². The summed E-state index contributed by atoms with van der Waals surface area (Å²) in [6.07, 6.45) is 2.59. The second kappa shape index (κ2) is 7.15. The molecule has 2 aromatic rings. The van der Waals surface area contributed by atoms with E-state index in [0.29, 0.717) is 5.92 Å². The number of piperidine rings is 1. The first-order valence-electron chi connectivity index (χ1n) is 8.31. The van der Waals surface area contributed by atoms with Crippen molar-refractivity contribution in [1.82, 2.24) is 19.7 Å². The SMILES string of the molecule is COCCN1CCC[C@H](CN(C)c2nc3c(s2)c(C)nn3C)C1. The molecule has 128 valence electrons. The van der Waals surface area contributed by atoms with E-state index >= 15 is 0 Å². The molecule has 0 unspecified atom stereocenters. The van der Waals surface area contributed by atoms with E-state index in [0.717, 1.165) is 36.2 Å². The normalized spacial score (nSPS) is 19.6. The summed E-state index contributed by atoms with van der Waals surface area (Å²) in [5.41, 5.74) is 2.07. The minimum Gasteiger partial charge on any atom is -0.383 e. The van der Waals surface area contributed by atoms with Gasteiger partial charge in [-0.3, -0.25) is 0 Å². The second-order valence-electron chi connectivity index (χ2n) is 6.54. The summed E-state index contributed by atoms with van der Waals surface area (Å²) in [6.45, 7) is 7.36. The number of anilines is 1. The summed E-state index contributed by atoms with van der Waals surface area (Å²) in [6, 6.07) is 0. The molecule has 6 nitrogen and oxygen atoms in total. The summed E-state index contributed by atoms with van der Waals surface area (Å²) in [5, 5.41) is 5.53. The standard InChI is InChI=1S/C16H27N5OS/c1-12-14-15(20(3)18-12)17-16(23-14)19(2)10-13-6-5-7-21(11-13)8-9-22-4/h13H,5-11H2,1-4H3/t13-/m1/s1. The maximum atomic E-state index is 5.21. The van der Waals surface area contributed by atoms with Crippen molar-refractivity contribution in [2.45, 2.75) is 19.8 Å². The van der Waals surface area contributed by atoms with Crippen LogP contribution in [0.1, 0.15) is 18.5 Å². The highest BCUT2D eigenvalue weighted by Crippen LogP contribution is 2.31.